The number of hydrogen-bond donors (Lipinski definition) is 6. The summed E-state index contributed by atoms with van der Waals surface area (Å²) in [5.41, 5.74) is 7.76. The van der Waals surface area contributed by atoms with Gasteiger partial charge in [-0.05, 0) is 93.0 Å². The molecule has 1 aliphatic heterocycles. The Morgan fingerprint density at radius 2 is 1.26 bits per heavy atom. The minimum Gasteiger partial charge on any atom is -0.480 e. The summed E-state index contributed by atoms with van der Waals surface area (Å²) in [6, 6.07) is 7.42. The molecule has 0 bridgehead atoms. The number of nitrogens with zero attached hydrogens (tertiary/aromatic N) is 4. The van der Waals surface area contributed by atoms with Crippen LogP contribution < -0.4 is 15.2 Å². The number of likely N-dealkylation sites (N-methyl/N-ethyl adjacent to an activating group) is 2. The van der Waals surface area contributed by atoms with Crippen molar-refractivity contribution in [2.24, 2.45) is 0 Å². The van der Waals surface area contributed by atoms with Gasteiger partial charge in [-0.25, -0.2) is 0 Å². The van der Waals surface area contributed by atoms with Crippen LogP contribution in [0.5, 0.6) is 5.75 Å². The maximum atomic E-state index is 12.7. The van der Waals surface area contributed by atoms with Crippen LogP contribution in [0.3, 0.4) is 0 Å². The highest BCUT2D eigenvalue weighted by molar-refractivity contribution is 7.44. The van der Waals surface area contributed by atoms with Crippen LogP contribution >= 0.6 is 17.0 Å². The van der Waals surface area contributed by atoms with E-state index in [2.05, 4.69) is 49.6 Å². The van der Waals surface area contributed by atoms with Gasteiger partial charge in [0, 0.05) is 66.5 Å². The SMILES string of the molecule is CNC(=O)CN1CCN(CP(O)O)CCN(CC(=O)NC)CCN(C(CCCOP(O)Oc2cc(C)c(-c3c(C)cc(C)cc3C)cc2C)C(=O)O)CC1. The van der Waals surface area contributed by atoms with Gasteiger partial charge in [0.15, 0.2) is 8.38 Å². The van der Waals surface area contributed by atoms with Crippen LogP contribution in [0.2, 0.25) is 0 Å². The molecule has 2 aromatic carbocycles. The standard InChI is InChI=1S/C37H60N6O9P2/c1-26-19-29(4)36(30(5)20-26)31-21-28(3)33(22-27(31)2)52-54(50)51-18-8-9-32(37(46)47)43-16-14-40(23-34(44)38-6)10-12-42(25-53(48)49)13-11-41(15-17-43)24-35(45)39-7/h19-22,32,48-50H,8-18,23-25H2,1-7H3,(H,38,44)(H,39,45)(H,46,47). The zero-order chi connectivity index (χ0) is 39.9. The van der Waals surface area contributed by atoms with Gasteiger partial charge in [0.25, 0.3) is 0 Å². The van der Waals surface area contributed by atoms with E-state index in [4.69, 9.17) is 9.05 Å². The number of nitrogens with one attached hydrogen (secondary N) is 2. The number of carbonyl (C=O) groups is 3. The number of benzene rings is 2. The van der Waals surface area contributed by atoms with Gasteiger partial charge < -0.3 is 39.5 Å². The zero-order valence-corrected chi connectivity index (χ0v) is 34.6. The molecule has 1 saturated heterocycles. The van der Waals surface area contributed by atoms with E-state index in [1.54, 1.807) is 14.1 Å². The number of hydrogen-bond acceptors (Lipinski definition) is 12. The first-order valence-electron chi connectivity index (χ1n) is 18.3. The molecule has 2 aromatic rings. The number of amides is 2. The quantitative estimate of drug-likeness (QED) is 0.108. The fourth-order valence-electron chi connectivity index (χ4n) is 6.82. The summed E-state index contributed by atoms with van der Waals surface area (Å²) in [5.74, 6) is -0.850. The van der Waals surface area contributed by atoms with Crippen LogP contribution in [0.4, 0.5) is 0 Å². The van der Waals surface area contributed by atoms with Gasteiger partial charge >= 0.3 is 14.6 Å². The summed E-state index contributed by atoms with van der Waals surface area (Å²) in [4.78, 5) is 75.3. The fourth-order valence-corrected chi connectivity index (χ4v) is 8.16. The Balaban J connectivity index is 1.68. The highest BCUT2D eigenvalue weighted by atomic mass is 31.2. The molecule has 0 radical (unpaired) electrons. The number of aliphatic carboxylic acids is 1. The maximum Gasteiger partial charge on any atom is 0.394 e. The first kappa shape index (κ1) is 45.6. The van der Waals surface area contributed by atoms with E-state index in [9.17, 15) is 34.2 Å². The normalized spacial score (nSPS) is 17.0. The van der Waals surface area contributed by atoms with Crippen molar-refractivity contribution in [2.75, 3.05) is 92.4 Å². The molecule has 15 nitrogen and oxygen atoms in total. The van der Waals surface area contributed by atoms with Crippen molar-refractivity contribution < 1.29 is 43.2 Å². The summed E-state index contributed by atoms with van der Waals surface area (Å²) in [7, 11) is -1.34. The second-order valence-corrected chi connectivity index (χ2v) is 15.9. The zero-order valence-electron chi connectivity index (χ0n) is 32.8. The molecule has 2 amide bonds. The Labute approximate surface area is 322 Å². The van der Waals surface area contributed by atoms with E-state index < -0.39 is 29.0 Å². The summed E-state index contributed by atoms with van der Waals surface area (Å²) < 4.78 is 11.5. The highest BCUT2D eigenvalue weighted by Gasteiger charge is 2.28. The first-order valence-corrected chi connectivity index (χ1v) is 20.9. The number of aryl methyl sites for hydroxylation is 5. The van der Waals surface area contributed by atoms with Crippen LogP contribution in [-0.4, -0.2) is 156 Å². The summed E-state index contributed by atoms with van der Waals surface area (Å²) in [6.07, 6.45) is 0.644. The third kappa shape index (κ3) is 14.7. The van der Waals surface area contributed by atoms with Gasteiger partial charge in [0.05, 0.1) is 26.0 Å². The number of carboxylic acid groups (broad SMARTS) is 1. The third-order valence-electron chi connectivity index (χ3n) is 9.68. The van der Waals surface area contributed by atoms with Crippen molar-refractivity contribution in [3.63, 3.8) is 0 Å². The predicted molar refractivity (Wildman–Crippen MR) is 212 cm³/mol. The van der Waals surface area contributed by atoms with E-state index in [0.29, 0.717) is 64.5 Å². The van der Waals surface area contributed by atoms with Crippen molar-refractivity contribution in [1.29, 1.82) is 0 Å². The molecule has 0 saturated carbocycles. The lowest BCUT2D eigenvalue weighted by Gasteiger charge is -2.36. The summed E-state index contributed by atoms with van der Waals surface area (Å²) in [6.45, 7) is 13.8. The Kier molecular flexibility index (Phi) is 19.1. The van der Waals surface area contributed by atoms with Gasteiger partial charge in [-0.15, -0.1) is 0 Å². The Morgan fingerprint density at radius 1 is 0.741 bits per heavy atom. The van der Waals surface area contributed by atoms with Gasteiger partial charge in [-0.1, -0.05) is 17.7 Å². The average molecular weight is 795 g/mol. The Morgan fingerprint density at radius 3 is 1.76 bits per heavy atom. The molecule has 0 aromatic heterocycles. The molecule has 54 heavy (non-hydrogen) atoms. The second-order valence-electron chi connectivity index (χ2n) is 13.9. The lowest BCUT2D eigenvalue weighted by Crippen LogP contribution is -2.52. The molecule has 0 aliphatic carbocycles. The molecule has 2 unspecified atom stereocenters. The van der Waals surface area contributed by atoms with Crippen LogP contribution in [0.15, 0.2) is 24.3 Å². The van der Waals surface area contributed by atoms with Crippen molar-refractivity contribution >= 4 is 34.8 Å². The molecule has 1 aliphatic rings. The molecule has 0 spiro atoms. The van der Waals surface area contributed by atoms with Crippen molar-refractivity contribution in [3.8, 4) is 16.9 Å². The Hall–Kier alpha value is -2.81. The molecule has 6 N–H and O–H groups in total. The lowest BCUT2D eigenvalue weighted by atomic mass is 9.90. The third-order valence-corrected chi connectivity index (χ3v) is 11.1. The van der Waals surface area contributed by atoms with Crippen LogP contribution in [0.25, 0.3) is 11.1 Å². The monoisotopic (exact) mass is 794 g/mol. The molecule has 1 fully saturated rings. The largest absolute Gasteiger partial charge is 0.480 e. The molecule has 1 heterocycles. The van der Waals surface area contributed by atoms with Crippen molar-refractivity contribution in [3.05, 3.63) is 52.1 Å². The molecular weight excluding hydrogens is 734 g/mol. The number of rotatable bonds is 16. The highest BCUT2D eigenvalue weighted by Crippen LogP contribution is 2.40. The predicted octanol–water partition coefficient (Wildman–Crippen LogP) is 2.71. The molecule has 17 heteroatoms. The summed E-state index contributed by atoms with van der Waals surface area (Å²) >= 11 is 0. The van der Waals surface area contributed by atoms with Gasteiger partial charge in [0.2, 0.25) is 11.8 Å². The van der Waals surface area contributed by atoms with E-state index >= 15 is 0 Å². The maximum absolute atomic E-state index is 12.7. The van der Waals surface area contributed by atoms with Crippen LogP contribution in [-0.2, 0) is 18.9 Å². The van der Waals surface area contributed by atoms with E-state index in [1.165, 1.54) is 22.3 Å². The van der Waals surface area contributed by atoms with E-state index in [-0.39, 0.29) is 44.2 Å². The number of carboxylic acids is 1. The minimum atomic E-state index is -2.27. The summed E-state index contributed by atoms with van der Waals surface area (Å²) in [5, 5.41) is 15.7. The molecule has 3 rings (SSSR count). The fraction of sp³-hybridized carbons (Fsp3) is 0.595. The van der Waals surface area contributed by atoms with Crippen LogP contribution in [0, 0.1) is 34.6 Å². The number of carbonyl (C=O) groups excluding carboxylic acids is 2. The smallest absolute Gasteiger partial charge is 0.394 e. The van der Waals surface area contributed by atoms with Crippen molar-refractivity contribution in [2.45, 2.75) is 53.5 Å². The van der Waals surface area contributed by atoms with Crippen LogP contribution in [0.1, 0.15) is 40.7 Å². The van der Waals surface area contributed by atoms with Crippen molar-refractivity contribution in [1.82, 2.24) is 30.2 Å². The first-order chi connectivity index (χ1) is 25.6. The van der Waals surface area contributed by atoms with E-state index in [0.717, 1.165) is 16.7 Å². The van der Waals surface area contributed by atoms with Gasteiger partial charge in [-0.2, -0.15) is 0 Å². The molecule has 2 atom stereocenters. The minimum absolute atomic E-state index is 0.0757. The van der Waals surface area contributed by atoms with E-state index in [1.807, 2.05) is 39.5 Å². The molecular formula is C37H60N6O9P2. The van der Waals surface area contributed by atoms with Gasteiger partial charge in [0.1, 0.15) is 11.8 Å². The second kappa shape index (κ2) is 22.7. The molecule has 302 valence electrons. The average Bonchev–Trinajstić information content (AvgIpc) is 3.09. The van der Waals surface area contributed by atoms with Gasteiger partial charge in [-0.3, -0.25) is 34.0 Å². The lowest BCUT2D eigenvalue weighted by molar-refractivity contribution is -0.144. The topological polar surface area (TPSA) is 188 Å². The Bertz CT molecular complexity index is 1490.